The standard InChI is InChI=1S/C23H31N3O4/c1-17(23(29)24-19-11-7-2-3-8-12-19)30-22(28)14-13-21(27)26-16-15-20(25-26)18-9-5-4-6-10-18/h4-6,9-10,17,19H,2-3,7-8,11-16H2,1H3,(H,24,29)/t17-/m1/s1. The summed E-state index contributed by atoms with van der Waals surface area (Å²) in [7, 11) is 0. The van der Waals surface area contributed by atoms with Crippen LogP contribution in [0.25, 0.3) is 0 Å². The number of hydrazone groups is 1. The van der Waals surface area contributed by atoms with Crippen LogP contribution in [0.5, 0.6) is 0 Å². The Balaban J connectivity index is 1.40. The van der Waals surface area contributed by atoms with Gasteiger partial charge in [0, 0.05) is 18.9 Å². The number of rotatable bonds is 7. The fourth-order valence-electron chi connectivity index (χ4n) is 3.86. The quantitative estimate of drug-likeness (QED) is 0.549. The Morgan fingerprint density at radius 3 is 2.50 bits per heavy atom. The third kappa shape index (κ3) is 6.40. The summed E-state index contributed by atoms with van der Waals surface area (Å²) in [4.78, 5) is 36.8. The molecule has 0 radical (unpaired) electrons. The molecular formula is C23H31N3O4. The highest BCUT2D eigenvalue weighted by molar-refractivity contribution is 6.02. The molecule has 3 rings (SSSR count). The van der Waals surface area contributed by atoms with E-state index in [2.05, 4.69) is 10.4 Å². The number of amides is 2. The largest absolute Gasteiger partial charge is 0.453 e. The maximum Gasteiger partial charge on any atom is 0.307 e. The molecule has 1 aromatic carbocycles. The van der Waals surface area contributed by atoms with Crippen molar-refractivity contribution < 1.29 is 19.1 Å². The first kappa shape index (κ1) is 22.0. The molecule has 1 aromatic rings. The number of esters is 1. The smallest absolute Gasteiger partial charge is 0.307 e. The van der Waals surface area contributed by atoms with Crippen LogP contribution < -0.4 is 5.32 Å². The Bertz CT molecular complexity index is 770. The van der Waals surface area contributed by atoms with E-state index in [-0.39, 0.29) is 30.7 Å². The van der Waals surface area contributed by atoms with Gasteiger partial charge in [0.25, 0.3) is 5.91 Å². The molecule has 7 heteroatoms. The molecule has 0 unspecified atom stereocenters. The zero-order chi connectivity index (χ0) is 21.3. The van der Waals surface area contributed by atoms with Crippen LogP contribution in [0.4, 0.5) is 0 Å². The van der Waals surface area contributed by atoms with E-state index in [0.717, 1.165) is 37.0 Å². The molecule has 0 aromatic heterocycles. The Kier molecular flexibility index (Phi) is 7.99. The first-order valence-electron chi connectivity index (χ1n) is 11.0. The van der Waals surface area contributed by atoms with Crippen LogP contribution in [-0.4, -0.2) is 47.2 Å². The summed E-state index contributed by atoms with van der Waals surface area (Å²) in [6.45, 7) is 2.08. The number of hydrogen-bond acceptors (Lipinski definition) is 5. The maximum absolute atomic E-state index is 12.4. The highest BCUT2D eigenvalue weighted by Gasteiger charge is 2.24. The van der Waals surface area contributed by atoms with Crippen molar-refractivity contribution in [2.75, 3.05) is 6.54 Å². The molecule has 0 bridgehead atoms. The molecular weight excluding hydrogens is 382 g/mol. The minimum Gasteiger partial charge on any atom is -0.453 e. The number of hydrogen-bond donors (Lipinski definition) is 1. The Morgan fingerprint density at radius 2 is 1.80 bits per heavy atom. The van der Waals surface area contributed by atoms with E-state index in [1.54, 1.807) is 6.92 Å². The average Bonchev–Trinajstić information content (AvgIpc) is 3.11. The summed E-state index contributed by atoms with van der Waals surface area (Å²) in [5.74, 6) is -1.02. The summed E-state index contributed by atoms with van der Waals surface area (Å²) >= 11 is 0. The van der Waals surface area contributed by atoms with Crippen molar-refractivity contribution >= 4 is 23.5 Å². The second-order valence-corrected chi connectivity index (χ2v) is 8.01. The fraction of sp³-hybridized carbons (Fsp3) is 0.565. The Hall–Kier alpha value is -2.70. The van der Waals surface area contributed by atoms with E-state index >= 15 is 0 Å². The molecule has 2 amide bonds. The lowest BCUT2D eigenvalue weighted by Crippen LogP contribution is -2.41. The molecule has 2 aliphatic rings. The third-order valence-corrected chi connectivity index (χ3v) is 5.62. The van der Waals surface area contributed by atoms with Crippen molar-refractivity contribution in [3.8, 4) is 0 Å². The molecule has 162 valence electrons. The van der Waals surface area contributed by atoms with Crippen LogP contribution in [-0.2, 0) is 19.1 Å². The Labute approximate surface area is 177 Å². The molecule has 7 nitrogen and oxygen atoms in total. The minimum absolute atomic E-state index is 0.0152. The number of carbonyl (C=O) groups excluding carboxylic acids is 3. The van der Waals surface area contributed by atoms with Gasteiger partial charge in [-0.2, -0.15) is 5.10 Å². The van der Waals surface area contributed by atoms with Gasteiger partial charge in [-0.15, -0.1) is 0 Å². The lowest BCUT2D eigenvalue weighted by Gasteiger charge is -2.19. The van der Waals surface area contributed by atoms with E-state index in [9.17, 15) is 14.4 Å². The van der Waals surface area contributed by atoms with Crippen LogP contribution in [0.15, 0.2) is 35.4 Å². The summed E-state index contributed by atoms with van der Waals surface area (Å²) < 4.78 is 5.23. The molecule has 1 fully saturated rings. The van der Waals surface area contributed by atoms with Gasteiger partial charge in [-0.05, 0) is 25.3 Å². The first-order chi connectivity index (χ1) is 14.5. The zero-order valence-corrected chi connectivity index (χ0v) is 17.6. The minimum atomic E-state index is -0.856. The molecule has 1 N–H and O–H groups in total. The second kappa shape index (κ2) is 10.9. The molecule has 1 atom stereocenters. The highest BCUT2D eigenvalue weighted by atomic mass is 16.5. The van der Waals surface area contributed by atoms with Crippen LogP contribution in [0.3, 0.4) is 0 Å². The van der Waals surface area contributed by atoms with E-state index < -0.39 is 12.1 Å². The van der Waals surface area contributed by atoms with E-state index in [1.165, 1.54) is 17.9 Å². The monoisotopic (exact) mass is 413 g/mol. The van der Waals surface area contributed by atoms with E-state index in [0.29, 0.717) is 13.0 Å². The predicted octanol–water partition coefficient (Wildman–Crippen LogP) is 3.17. The summed E-state index contributed by atoms with van der Waals surface area (Å²) in [6.07, 6.45) is 6.39. The van der Waals surface area contributed by atoms with Crippen LogP contribution in [0.2, 0.25) is 0 Å². The molecule has 1 heterocycles. The SMILES string of the molecule is C[C@@H](OC(=O)CCC(=O)N1CCC(c2ccccc2)=N1)C(=O)NC1CCCCCC1. The van der Waals surface area contributed by atoms with Crippen molar-refractivity contribution in [2.24, 2.45) is 5.10 Å². The van der Waals surface area contributed by atoms with Gasteiger partial charge < -0.3 is 10.1 Å². The number of benzene rings is 1. The van der Waals surface area contributed by atoms with Crippen LogP contribution in [0, 0.1) is 0 Å². The molecule has 1 aliphatic heterocycles. The lowest BCUT2D eigenvalue weighted by atomic mass is 10.1. The Morgan fingerprint density at radius 1 is 1.10 bits per heavy atom. The van der Waals surface area contributed by atoms with Gasteiger partial charge >= 0.3 is 5.97 Å². The number of nitrogens with zero attached hydrogens (tertiary/aromatic N) is 2. The summed E-state index contributed by atoms with van der Waals surface area (Å²) in [5.41, 5.74) is 1.87. The second-order valence-electron chi connectivity index (χ2n) is 8.01. The van der Waals surface area contributed by atoms with Gasteiger partial charge in [0.2, 0.25) is 5.91 Å². The van der Waals surface area contributed by atoms with Gasteiger partial charge in [-0.3, -0.25) is 14.4 Å². The van der Waals surface area contributed by atoms with Crippen molar-refractivity contribution in [1.29, 1.82) is 0 Å². The fourth-order valence-corrected chi connectivity index (χ4v) is 3.86. The summed E-state index contributed by atoms with van der Waals surface area (Å²) in [6, 6.07) is 9.90. The van der Waals surface area contributed by atoms with Gasteiger partial charge in [0.1, 0.15) is 0 Å². The van der Waals surface area contributed by atoms with Gasteiger partial charge in [-0.25, -0.2) is 5.01 Å². The van der Waals surface area contributed by atoms with Crippen molar-refractivity contribution in [3.05, 3.63) is 35.9 Å². The zero-order valence-electron chi connectivity index (χ0n) is 17.6. The number of ether oxygens (including phenoxy) is 1. The molecule has 1 saturated carbocycles. The van der Waals surface area contributed by atoms with Gasteiger partial charge in [0.15, 0.2) is 6.10 Å². The molecule has 0 spiro atoms. The molecule has 30 heavy (non-hydrogen) atoms. The average molecular weight is 414 g/mol. The van der Waals surface area contributed by atoms with Crippen LogP contribution in [0.1, 0.15) is 70.3 Å². The highest BCUT2D eigenvalue weighted by Crippen LogP contribution is 2.18. The molecule has 0 saturated heterocycles. The van der Waals surface area contributed by atoms with Crippen molar-refractivity contribution in [2.45, 2.75) is 76.9 Å². The lowest BCUT2D eigenvalue weighted by molar-refractivity contribution is -0.156. The molecule has 1 aliphatic carbocycles. The number of nitrogens with one attached hydrogen (secondary N) is 1. The predicted molar refractivity (Wildman–Crippen MR) is 114 cm³/mol. The van der Waals surface area contributed by atoms with Crippen molar-refractivity contribution in [3.63, 3.8) is 0 Å². The third-order valence-electron chi connectivity index (χ3n) is 5.62. The van der Waals surface area contributed by atoms with Gasteiger partial charge in [-0.1, -0.05) is 56.0 Å². The van der Waals surface area contributed by atoms with E-state index in [1.807, 2.05) is 30.3 Å². The van der Waals surface area contributed by atoms with E-state index in [4.69, 9.17) is 4.74 Å². The summed E-state index contributed by atoms with van der Waals surface area (Å²) in [5, 5.41) is 8.78. The van der Waals surface area contributed by atoms with Crippen LogP contribution >= 0.6 is 0 Å². The van der Waals surface area contributed by atoms with Crippen molar-refractivity contribution in [1.82, 2.24) is 10.3 Å². The maximum atomic E-state index is 12.4. The number of carbonyl (C=O) groups is 3. The normalized spacial score (nSPS) is 18.3. The van der Waals surface area contributed by atoms with Gasteiger partial charge in [0.05, 0.1) is 18.7 Å². The first-order valence-corrected chi connectivity index (χ1v) is 11.0. The topological polar surface area (TPSA) is 88.1 Å².